The number of methoxy groups -OCH3 is 1. The van der Waals surface area contributed by atoms with Crippen LogP contribution in [0.1, 0.15) is 37.1 Å². The fourth-order valence-electron chi connectivity index (χ4n) is 4.25. The summed E-state index contributed by atoms with van der Waals surface area (Å²) < 4.78 is 7.40. The summed E-state index contributed by atoms with van der Waals surface area (Å²) in [4.78, 5) is 12.2. The molecule has 0 saturated carbocycles. The largest absolute Gasteiger partial charge is 0.497 e. The van der Waals surface area contributed by atoms with Gasteiger partial charge < -0.3 is 19.8 Å². The van der Waals surface area contributed by atoms with Gasteiger partial charge in [0, 0.05) is 31.9 Å². The van der Waals surface area contributed by atoms with Crippen LogP contribution in [0.4, 0.5) is 0 Å². The lowest BCUT2D eigenvalue weighted by Crippen LogP contribution is -2.39. The van der Waals surface area contributed by atoms with Gasteiger partial charge in [-0.05, 0) is 62.7 Å². The number of likely N-dealkylation sites (tertiary alicyclic amines) is 1. The Kier molecular flexibility index (Phi) is 9.80. The molecule has 0 bridgehead atoms. The van der Waals surface area contributed by atoms with Gasteiger partial charge in [0.05, 0.1) is 25.4 Å². The third kappa shape index (κ3) is 6.83. The standard InChI is InChI=1S/C25H34N6O.HI/c1-3-26-25(27-14-13-21-19-31-17-5-4-8-24(31)29-21)28-18-23(30-15-6-7-16-30)20-9-11-22(32-2)12-10-20;/h4-5,8-12,17,19,23H,3,6-7,13-16,18H2,1-2H3,(H2,26,27,28);1H. The zero-order valence-electron chi connectivity index (χ0n) is 19.5. The third-order valence-corrected chi connectivity index (χ3v) is 5.94. The lowest BCUT2D eigenvalue weighted by Gasteiger charge is -2.27. The molecular weight excluding hydrogens is 527 g/mol. The van der Waals surface area contributed by atoms with Crippen molar-refractivity contribution < 1.29 is 4.74 Å². The molecule has 2 N–H and O–H groups in total. The van der Waals surface area contributed by atoms with E-state index in [1.165, 1.54) is 18.4 Å². The number of hydrogen-bond donors (Lipinski definition) is 2. The van der Waals surface area contributed by atoms with Crippen LogP contribution in [0, 0.1) is 0 Å². The number of fused-ring (bicyclic) bond motifs is 1. The molecule has 0 amide bonds. The van der Waals surface area contributed by atoms with Gasteiger partial charge in [-0.25, -0.2) is 4.98 Å². The van der Waals surface area contributed by atoms with Crippen molar-refractivity contribution in [3.8, 4) is 5.75 Å². The Labute approximate surface area is 213 Å². The number of nitrogens with zero attached hydrogens (tertiary/aromatic N) is 4. The normalized spacial score (nSPS) is 15.3. The number of aliphatic imine (C=N–C) groups is 1. The summed E-state index contributed by atoms with van der Waals surface area (Å²) in [5.74, 6) is 1.74. The van der Waals surface area contributed by atoms with Crippen LogP contribution in [0.15, 0.2) is 59.9 Å². The number of halogens is 1. The zero-order valence-corrected chi connectivity index (χ0v) is 21.9. The molecule has 1 aromatic carbocycles. The maximum atomic E-state index is 5.34. The molecule has 3 heterocycles. The van der Waals surface area contributed by atoms with Gasteiger partial charge in [-0.2, -0.15) is 0 Å². The lowest BCUT2D eigenvalue weighted by atomic mass is 10.1. The molecule has 1 unspecified atom stereocenters. The topological polar surface area (TPSA) is 66.2 Å². The fourth-order valence-corrected chi connectivity index (χ4v) is 4.25. The molecule has 1 atom stereocenters. The van der Waals surface area contributed by atoms with E-state index in [0.717, 1.165) is 62.2 Å². The number of pyridine rings is 1. The monoisotopic (exact) mass is 562 g/mol. The Bertz CT molecular complexity index is 980. The van der Waals surface area contributed by atoms with E-state index in [0.29, 0.717) is 0 Å². The number of benzene rings is 1. The number of guanidine groups is 1. The first-order valence-electron chi connectivity index (χ1n) is 11.6. The molecule has 1 saturated heterocycles. The summed E-state index contributed by atoms with van der Waals surface area (Å²) >= 11 is 0. The van der Waals surface area contributed by atoms with E-state index in [2.05, 4.69) is 50.2 Å². The molecule has 2 aromatic heterocycles. The smallest absolute Gasteiger partial charge is 0.191 e. The van der Waals surface area contributed by atoms with Crippen molar-refractivity contribution in [2.45, 2.75) is 32.2 Å². The van der Waals surface area contributed by atoms with E-state index < -0.39 is 0 Å². The molecule has 4 rings (SSSR count). The number of ether oxygens (including phenoxy) is 1. The first kappa shape index (κ1) is 25.3. The van der Waals surface area contributed by atoms with Gasteiger partial charge in [-0.1, -0.05) is 18.2 Å². The zero-order chi connectivity index (χ0) is 22.2. The SMILES string of the molecule is CCNC(=NCC(c1ccc(OC)cc1)N1CCCC1)NCCc1cn2ccccc2n1.I. The van der Waals surface area contributed by atoms with Gasteiger partial charge >= 0.3 is 0 Å². The van der Waals surface area contributed by atoms with Crippen molar-refractivity contribution in [3.63, 3.8) is 0 Å². The summed E-state index contributed by atoms with van der Waals surface area (Å²) in [6, 6.07) is 14.8. The van der Waals surface area contributed by atoms with E-state index in [4.69, 9.17) is 9.73 Å². The van der Waals surface area contributed by atoms with E-state index >= 15 is 0 Å². The molecule has 1 aliphatic rings. The quantitative estimate of drug-likeness (QED) is 0.236. The first-order chi connectivity index (χ1) is 15.8. The maximum Gasteiger partial charge on any atom is 0.191 e. The highest BCUT2D eigenvalue weighted by Gasteiger charge is 2.23. The van der Waals surface area contributed by atoms with Crippen LogP contribution in [-0.2, 0) is 6.42 Å². The molecule has 0 spiro atoms. The lowest BCUT2D eigenvalue weighted by molar-refractivity contribution is 0.251. The Morgan fingerprint density at radius 2 is 1.91 bits per heavy atom. The Morgan fingerprint density at radius 3 is 2.61 bits per heavy atom. The minimum atomic E-state index is 0. The van der Waals surface area contributed by atoms with Crippen molar-refractivity contribution >= 4 is 35.6 Å². The molecular formula is C25H35IN6O. The second kappa shape index (κ2) is 12.8. The number of hydrogen-bond acceptors (Lipinski definition) is 4. The molecule has 8 heteroatoms. The first-order valence-corrected chi connectivity index (χ1v) is 11.6. The minimum absolute atomic E-state index is 0. The average molecular weight is 563 g/mol. The predicted octanol–water partition coefficient (Wildman–Crippen LogP) is 3.90. The van der Waals surface area contributed by atoms with E-state index in [-0.39, 0.29) is 30.0 Å². The molecule has 0 aliphatic carbocycles. The molecule has 7 nitrogen and oxygen atoms in total. The molecule has 1 fully saturated rings. The summed E-state index contributed by atoms with van der Waals surface area (Å²) in [7, 11) is 1.71. The number of imidazole rings is 1. The molecule has 178 valence electrons. The van der Waals surface area contributed by atoms with E-state index in [1.54, 1.807) is 7.11 Å². The van der Waals surface area contributed by atoms with E-state index in [1.807, 2.05) is 36.5 Å². The molecule has 33 heavy (non-hydrogen) atoms. The number of nitrogens with one attached hydrogen (secondary N) is 2. The maximum absolute atomic E-state index is 5.34. The highest BCUT2D eigenvalue weighted by atomic mass is 127. The summed E-state index contributed by atoms with van der Waals surface area (Å²) in [6.45, 7) is 6.69. The summed E-state index contributed by atoms with van der Waals surface area (Å²) in [5.41, 5.74) is 3.35. The van der Waals surface area contributed by atoms with Crippen LogP contribution in [-0.4, -0.2) is 60.1 Å². The van der Waals surface area contributed by atoms with Crippen molar-refractivity contribution in [1.29, 1.82) is 0 Å². The second-order valence-corrected chi connectivity index (χ2v) is 8.13. The van der Waals surface area contributed by atoms with Crippen LogP contribution >= 0.6 is 24.0 Å². The highest BCUT2D eigenvalue weighted by Crippen LogP contribution is 2.27. The second-order valence-electron chi connectivity index (χ2n) is 8.13. The summed E-state index contributed by atoms with van der Waals surface area (Å²) in [6.07, 6.45) is 7.48. The van der Waals surface area contributed by atoms with Crippen LogP contribution in [0.2, 0.25) is 0 Å². The van der Waals surface area contributed by atoms with Gasteiger partial charge in [0.15, 0.2) is 5.96 Å². The van der Waals surface area contributed by atoms with Gasteiger partial charge in [0.25, 0.3) is 0 Å². The Morgan fingerprint density at radius 1 is 1.12 bits per heavy atom. The van der Waals surface area contributed by atoms with Crippen molar-refractivity contribution in [1.82, 2.24) is 24.9 Å². The molecule has 0 radical (unpaired) electrons. The van der Waals surface area contributed by atoms with Crippen LogP contribution < -0.4 is 15.4 Å². The van der Waals surface area contributed by atoms with Crippen LogP contribution in [0.3, 0.4) is 0 Å². The van der Waals surface area contributed by atoms with Crippen molar-refractivity contribution in [3.05, 3.63) is 66.1 Å². The fraction of sp³-hybridized carbons (Fsp3) is 0.440. The van der Waals surface area contributed by atoms with Crippen molar-refractivity contribution in [2.75, 3.05) is 39.8 Å². The van der Waals surface area contributed by atoms with Crippen LogP contribution in [0.25, 0.3) is 5.65 Å². The predicted molar refractivity (Wildman–Crippen MR) is 145 cm³/mol. The Hall–Kier alpha value is -2.33. The highest BCUT2D eigenvalue weighted by molar-refractivity contribution is 14.0. The third-order valence-electron chi connectivity index (χ3n) is 5.94. The van der Waals surface area contributed by atoms with Crippen molar-refractivity contribution in [2.24, 2.45) is 4.99 Å². The number of aromatic nitrogens is 2. The molecule has 1 aliphatic heterocycles. The Balaban J connectivity index is 0.00000306. The van der Waals surface area contributed by atoms with E-state index in [9.17, 15) is 0 Å². The van der Waals surface area contributed by atoms with Crippen LogP contribution in [0.5, 0.6) is 5.75 Å². The van der Waals surface area contributed by atoms with Gasteiger partial charge in [0.1, 0.15) is 11.4 Å². The van der Waals surface area contributed by atoms with Gasteiger partial charge in [-0.15, -0.1) is 24.0 Å². The molecule has 3 aromatic rings. The average Bonchev–Trinajstić information content (AvgIpc) is 3.49. The van der Waals surface area contributed by atoms with Gasteiger partial charge in [0.2, 0.25) is 0 Å². The minimum Gasteiger partial charge on any atom is -0.497 e. The van der Waals surface area contributed by atoms with Gasteiger partial charge in [-0.3, -0.25) is 9.89 Å². The summed E-state index contributed by atoms with van der Waals surface area (Å²) in [5, 5.41) is 6.87. The number of rotatable bonds is 9.